The summed E-state index contributed by atoms with van der Waals surface area (Å²) >= 11 is 9.76. The molecule has 1 aliphatic heterocycles. The number of thioether (sulfide) groups is 1. The Morgan fingerprint density at radius 3 is 2.62 bits per heavy atom. The topological polar surface area (TPSA) is 59.9 Å². The Bertz CT molecular complexity index is 1280. The summed E-state index contributed by atoms with van der Waals surface area (Å²) in [5.41, 5.74) is 3.77. The van der Waals surface area contributed by atoms with Crippen LogP contribution in [0.15, 0.2) is 70.6 Å². The van der Waals surface area contributed by atoms with Crippen molar-refractivity contribution in [1.29, 1.82) is 0 Å². The summed E-state index contributed by atoms with van der Waals surface area (Å²) in [5.74, 6) is 1.03. The van der Waals surface area contributed by atoms with Gasteiger partial charge in [-0.15, -0.1) is 0 Å². The summed E-state index contributed by atoms with van der Waals surface area (Å²) in [4.78, 5) is 17.6. The molecule has 0 atom stereocenters. The number of nitrogens with one attached hydrogen (secondary N) is 1. The van der Waals surface area contributed by atoms with E-state index in [9.17, 15) is 4.79 Å². The maximum Gasteiger partial charge on any atom is 0.264 e. The molecule has 0 spiro atoms. The first-order chi connectivity index (χ1) is 16.5. The number of methoxy groups -OCH3 is 1. The zero-order valence-electron chi connectivity index (χ0n) is 18.6. The number of nitrogens with zero attached hydrogens (tertiary/aromatic N) is 1. The number of halogens is 2. The number of aliphatic imine (C=N–C) groups is 1. The zero-order chi connectivity index (χ0) is 24.1. The molecule has 34 heavy (non-hydrogen) atoms. The van der Waals surface area contributed by atoms with E-state index >= 15 is 0 Å². The first-order valence-corrected chi connectivity index (χ1v) is 12.9. The van der Waals surface area contributed by atoms with E-state index in [1.807, 2.05) is 66.7 Å². The van der Waals surface area contributed by atoms with Gasteiger partial charge in [-0.25, -0.2) is 4.99 Å². The monoisotopic (exact) mass is 604 g/mol. The molecular weight excluding hydrogens is 583 g/mol. The van der Waals surface area contributed by atoms with Crippen LogP contribution < -0.4 is 14.8 Å². The van der Waals surface area contributed by atoms with Crippen molar-refractivity contribution in [2.75, 3.05) is 7.11 Å². The highest BCUT2D eigenvalue weighted by Crippen LogP contribution is 2.37. The minimum absolute atomic E-state index is 0.179. The van der Waals surface area contributed by atoms with E-state index in [-0.39, 0.29) is 5.91 Å². The Labute approximate surface area is 221 Å². The molecule has 5 nitrogen and oxygen atoms in total. The number of carbonyl (C=O) groups excluding carboxylic acids is 1. The maximum atomic E-state index is 12.5. The third-order valence-corrected chi connectivity index (χ3v) is 7.19. The normalized spacial score (nSPS) is 15.6. The van der Waals surface area contributed by atoms with Gasteiger partial charge in [0.15, 0.2) is 16.7 Å². The Morgan fingerprint density at radius 2 is 1.91 bits per heavy atom. The molecule has 1 N–H and O–H groups in total. The predicted octanol–water partition coefficient (Wildman–Crippen LogP) is 6.99. The molecule has 1 fully saturated rings. The van der Waals surface area contributed by atoms with Crippen LogP contribution in [-0.2, 0) is 17.8 Å². The van der Waals surface area contributed by atoms with Crippen LogP contribution in [0, 0.1) is 3.57 Å². The molecule has 0 unspecified atom stereocenters. The molecule has 1 saturated heterocycles. The Balaban J connectivity index is 1.53. The van der Waals surface area contributed by atoms with Gasteiger partial charge in [0.05, 0.1) is 21.3 Å². The van der Waals surface area contributed by atoms with Crippen LogP contribution in [0.25, 0.3) is 6.08 Å². The molecule has 1 heterocycles. The molecular formula is C26H22ClIN2O3S. The van der Waals surface area contributed by atoms with Gasteiger partial charge in [-0.1, -0.05) is 48.9 Å². The van der Waals surface area contributed by atoms with Gasteiger partial charge in [0.1, 0.15) is 6.61 Å². The minimum Gasteiger partial charge on any atom is -0.493 e. The fourth-order valence-corrected chi connectivity index (χ4v) is 5.10. The Kier molecular flexibility index (Phi) is 8.18. The van der Waals surface area contributed by atoms with E-state index in [0.29, 0.717) is 33.2 Å². The van der Waals surface area contributed by atoms with Crippen molar-refractivity contribution in [2.24, 2.45) is 4.99 Å². The second-order valence-electron chi connectivity index (χ2n) is 7.42. The van der Waals surface area contributed by atoms with Gasteiger partial charge in [-0.3, -0.25) is 4.79 Å². The van der Waals surface area contributed by atoms with Crippen LogP contribution in [0.2, 0.25) is 5.02 Å². The number of benzene rings is 3. The van der Waals surface area contributed by atoms with E-state index in [2.05, 4.69) is 39.8 Å². The van der Waals surface area contributed by atoms with Crippen LogP contribution in [0.5, 0.6) is 11.5 Å². The van der Waals surface area contributed by atoms with Crippen molar-refractivity contribution in [3.05, 3.63) is 90.9 Å². The molecule has 0 aromatic heterocycles. The lowest BCUT2D eigenvalue weighted by Gasteiger charge is -2.14. The predicted molar refractivity (Wildman–Crippen MR) is 148 cm³/mol. The number of amidine groups is 1. The SMILES string of the molecule is CCc1ccc(N=C2NC(=O)/C(=C/c3cc(I)c(OCc4ccccc4Cl)c(OC)c3)S2)cc1. The van der Waals surface area contributed by atoms with Crippen molar-refractivity contribution >= 4 is 68.8 Å². The van der Waals surface area contributed by atoms with Crippen molar-refractivity contribution in [3.63, 3.8) is 0 Å². The molecule has 0 bridgehead atoms. The fourth-order valence-electron chi connectivity index (χ4n) is 3.28. The molecule has 0 aliphatic carbocycles. The standard InChI is InChI=1S/C26H22ClIN2O3S/c1-3-16-8-10-19(11-9-16)29-26-30-25(31)23(34-26)14-17-12-21(28)24(22(13-17)32-2)33-15-18-6-4-5-7-20(18)27/h4-14H,3,15H2,1-2H3,(H,29,30,31)/b23-14-. The minimum atomic E-state index is -0.179. The zero-order valence-corrected chi connectivity index (χ0v) is 22.3. The molecule has 4 rings (SSSR count). The summed E-state index contributed by atoms with van der Waals surface area (Å²) in [7, 11) is 1.59. The van der Waals surface area contributed by atoms with Crippen LogP contribution >= 0.6 is 46.0 Å². The molecule has 1 amide bonds. The summed E-state index contributed by atoms with van der Waals surface area (Å²) < 4.78 is 12.5. The van der Waals surface area contributed by atoms with E-state index in [1.165, 1.54) is 17.3 Å². The average Bonchev–Trinajstić information content (AvgIpc) is 3.17. The van der Waals surface area contributed by atoms with Gasteiger partial charge < -0.3 is 14.8 Å². The third kappa shape index (κ3) is 5.95. The summed E-state index contributed by atoms with van der Waals surface area (Å²) in [6.45, 7) is 2.43. The number of rotatable bonds is 7. The smallest absolute Gasteiger partial charge is 0.264 e. The lowest BCUT2D eigenvalue weighted by Crippen LogP contribution is -2.19. The lowest BCUT2D eigenvalue weighted by atomic mass is 10.1. The maximum absolute atomic E-state index is 12.5. The molecule has 8 heteroatoms. The Morgan fingerprint density at radius 1 is 1.15 bits per heavy atom. The number of amides is 1. The van der Waals surface area contributed by atoms with E-state index < -0.39 is 0 Å². The largest absolute Gasteiger partial charge is 0.493 e. The van der Waals surface area contributed by atoms with E-state index in [1.54, 1.807) is 7.11 Å². The van der Waals surface area contributed by atoms with Gasteiger partial charge in [0.25, 0.3) is 5.91 Å². The third-order valence-electron chi connectivity index (χ3n) is 5.11. The van der Waals surface area contributed by atoms with Crippen LogP contribution in [0.1, 0.15) is 23.6 Å². The van der Waals surface area contributed by atoms with Crippen molar-refractivity contribution in [1.82, 2.24) is 5.32 Å². The molecule has 0 saturated carbocycles. The Hall–Kier alpha value is -2.49. The quantitative estimate of drug-likeness (QED) is 0.233. The summed E-state index contributed by atoms with van der Waals surface area (Å²) in [6, 6.07) is 19.4. The van der Waals surface area contributed by atoms with Crippen LogP contribution in [0.4, 0.5) is 5.69 Å². The number of aryl methyl sites for hydroxylation is 1. The average molecular weight is 605 g/mol. The number of ether oxygens (including phenoxy) is 2. The summed E-state index contributed by atoms with van der Waals surface area (Å²) in [5, 5.41) is 4.05. The highest BCUT2D eigenvalue weighted by Gasteiger charge is 2.24. The first kappa shape index (κ1) is 24.6. The fraction of sp³-hybridized carbons (Fsp3) is 0.154. The van der Waals surface area contributed by atoms with Crippen molar-refractivity contribution in [3.8, 4) is 11.5 Å². The second kappa shape index (κ2) is 11.3. The highest BCUT2D eigenvalue weighted by atomic mass is 127. The molecule has 3 aromatic rings. The van der Waals surface area contributed by atoms with Gasteiger partial charge >= 0.3 is 0 Å². The molecule has 174 valence electrons. The van der Waals surface area contributed by atoms with Gasteiger partial charge in [-0.2, -0.15) is 0 Å². The second-order valence-corrected chi connectivity index (χ2v) is 10.0. The van der Waals surface area contributed by atoms with E-state index in [0.717, 1.165) is 26.8 Å². The molecule has 1 aliphatic rings. The molecule has 3 aromatic carbocycles. The highest BCUT2D eigenvalue weighted by molar-refractivity contribution is 14.1. The number of hydrogen-bond donors (Lipinski definition) is 1. The lowest BCUT2D eigenvalue weighted by molar-refractivity contribution is -0.115. The van der Waals surface area contributed by atoms with Crippen LogP contribution in [-0.4, -0.2) is 18.2 Å². The van der Waals surface area contributed by atoms with E-state index in [4.69, 9.17) is 21.1 Å². The van der Waals surface area contributed by atoms with Crippen molar-refractivity contribution in [2.45, 2.75) is 20.0 Å². The number of hydrogen-bond acceptors (Lipinski definition) is 5. The van der Waals surface area contributed by atoms with Gasteiger partial charge in [0, 0.05) is 10.6 Å². The first-order valence-electron chi connectivity index (χ1n) is 10.6. The summed E-state index contributed by atoms with van der Waals surface area (Å²) in [6.07, 6.45) is 2.80. The van der Waals surface area contributed by atoms with Gasteiger partial charge in [-0.05, 0) is 88.3 Å². The van der Waals surface area contributed by atoms with Crippen molar-refractivity contribution < 1.29 is 14.3 Å². The van der Waals surface area contributed by atoms with Crippen LogP contribution in [0.3, 0.4) is 0 Å². The number of carbonyl (C=O) groups is 1. The molecule has 0 radical (unpaired) electrons. The van der Waals surface area contributed by atoms with Gasteiger partial charge in [0.2, 0.25) is 0 Å².